The lowest BCUT2D eigenvalue weighted by molar-refractivity contribution is -0.121. The molecule has 0 atom stereocenters. The van der Waals surface area contributed by atoms with Crippen molar-refractivity contribution in [1.29, 1.82) is 0 Å². The van der Waals surface area contributed by atoms with Gasteiger partial charge in [0, 0.05) is 24.9 Å². The quantitative estimate of drug-likeness (QED) is 0.291. The number of rotatable bonds is 12. The van der Waals surface area contributed by atoms with E-state index in [2.05, 4.69) is 20.5 Å². The zero-order chi connectivity index (χ0) is 23.7. The zero-order valence-corrected chi connectivity index (χ0v) is 19.9. The summed E-state index contributed by atoms with van der Waals surface area (Å²) in [4.78, 5) is 16.6. The molecule has 0 bridgehead atoms. The van der Waals surface area contributed by atoms with Crippen LogP contribution in [-0.4, -0.2) is 66.9 Å². The van der Waals surface area contributed by atoms with Crippen molar-refractivity contribution in [3.63, 3.8) is 0 Å². The summed E-state index contributed by atoms with van der Waals surface area (Å²) in [5.74, 6) is 0.843. The van der Waals surface area contributed by atoms with Crippen molar-refractivity contribution in [2.75, 3.05) is 33.1 Å². The van der Waals surface area contributed by atoms with E-state index in [1.165, 1.54) is 50.5 Å². The summed E-state index contributed by atoms with van der Waals surface area (Å²) in [6.07, 6.45) is 1.40. The van der Waals surface area contributed by atoms with Crippen LogP contribution in [0, 0.1) is 0 Å². The van der Waals surface area contributed by atoms with Crippen LogP contribution in [0.15, 0.2) is 64.9 Å². The Hall–Kier alpha value is -3.09. The van der Waals surface area contributed by atoms with Gasteiger partial charge in [0.15, 0.2) is 16.7 Å². The number of hydrogen-bond donors (Lipinski definition) is 2. The molecule has 176 valence electrons. The molecule has 3 rings (SSSR count). The number of aromatic nitrogens is 3. The summed E-state index contributed by atoms with van der Waals surface area (Å²) in [6.45, 7) is 0.0517. The van der Waals surface area contributed by atoms with Crippen LogP contribution in [0.1, 0.15) is 5.56 Å². The van der Waals surface area contributed by atoms with Crippen LogP contribution in [0.3, 0.4) is 0 Å². The van der Waals surface area contributed by atoms with Gasteiger partial charge >= 0.3 is 0 Å². The molecule has 0 saturated heterocycles. The SMILES string of the molecule is COc1ccc(S(=O)(=O)N(CC(=O)NCCSc2ncn[nH]2)Cc2ccccc2)cc1OC. The molecule has 33 heavy (non-hydrogen) atoms. The predicted octanol–water partition coefficient (Wildman–Crippen LogP) is 1.92. The first-order valence-corrected chi connectivity index (χ1v) is 12.4. The number of thioether (sulfide) groups is 1. The Labute approximate surface area is 196 Å². The van der Waals surface area contributed by atoms with Crippen molar-refractivity contribution in [2.24, 2.45) is 0 Å². The van der Waals surface area contributed by atoms with E-state index in [9.17, 15) is 13.2 Å². The van der Waals surface area contributed by atoms with E-state index < -0.39 is 15.9 Å². The van der Waals surface area contributed by atoms with E-state index in [-0.39, 0.29) is 23.7 Å². The average molecular weight is 492 g/mol. The Morgan fingerprint density at radius 2 is 1.88 bits per heavy atom. The van der Waals surface area contributed by atoms with Gasteiger partial charge in [-0.3, -0.25) is 9.89 Å². The molecule has 12 heteroatoms. The minimum absolute atomic E-state index is 0.00440. The maximum atomic E-state index is 13.5. The van der Waals surface area contributed by atoms with Crippen LogP contribution >= 0.6 is 11.8 Å². The van der Waals surface area contributed by atoms with Gasteiger partial charge in [0.05, 0.1) is 25.7 Å². The molecule has 1 amide bonds. The number of aromatic amines is 1. The van der Waals surface area contributed by atoms with Crippen LogP contribution in [0.25, 0.3) is 0 Å². The molecule has 0 unspecified atom stereocenters. The molecule has 2 N–H and O–H groups in total. The highest BCUT2D eigenvalue weighted by molar-refractivity contribution is 7.99. The first kappa shape index (κ1) is 24.6. The average Bonchev–Trinajstić information content (AvgIpc) is 3.35. The van der Waals surface area contributed by atoms with Crippen molar-refractivity contribution in [1.82, 2.24) is 24.8 Å². The Bertz CT molecular complexity index is 1140. The van der Waals surface area contributed by atoms with E-state index in [1.54, 1.807) is 0 Å². The van der Waals surface area contributed by atoms with E-state index in [0.29, 0.717) is 23.2 Å². The first-order chi connectivity index (χ1) is 15.9. The highest BCUT2D eigenvalue weighted by atomic mass is 32.2. The molecular formula is C21H25N5O5S2. The lowest BCUT2D eigenvalue weighted by atomic mass is 10.2. The minimum atomic E-state index is -4.01. The molecule has 0 spiro atoms. The van der Waals surface area contributed by atoms with E-state index in [1.807, 2.05) is 30.3 Å². The van der Waals surface area contributed by atoms with Crippen molar-refractivity contribution in [3.8, 4) is 11.5 Å². The highest BCUT2D eigenvalue weighted by Crippen LogP contribution is 2.31. The summed E-state index contributed by atoms with van der Waals surface area (Å²) >= 11 is 1.40. The molecule has 0 aliphatic rings. The zero-order valence-electron chi connectivity index (χ0n) is 18.2. The third-order valence-corrected chi connectivity index (χ3v) is 7.24. The normalized spacial score (nSPS) is 11.4. The molecule has 0 fully saturated rings. The van der Waals surface area contributed by atoms with Crippen LogP contribution in [0.5, 0.6) is 11.5 Å². The van der Waals surface area contributed by atoms with Gasteiger partial charge in [0.25, 0.3) is 0 Å². The maximum absolute atomic E-state index is 13.5. The number of hydrogen-bond acceptors (Lipinski definition) is 8. The third kappa shape index (κ3) is 6.70. The largest absolute Gasteiger partial charge is 0.493 e. The number of nitrogens with one attached hydrogen (secondary N) is 2. The van der Waals surface area contributed by atoms with Gasteiger partial charge in [-0.15, -0.1) is 0 Å². The molecule has 2 aromatic carbocycles. The Kier molecular flexibility index (Phi) is 8.69. The summed E-state index contributed by atoms with van der Waals surface area (Å²) in [5, 5.41) is 9.88. The molecule has 10 nitrogen and oxygen atoms in total. The van der Waals surface area contributed by atoms with E-state index in [4.69, 9.17) is 9.47 Å². The fourth-order valence-electron chi connectivity index (χ4n) is 2.96. The molecule has 0 aliphatic heterocycles. The van der Waals surface area contributed by atoms with Crippen molar-refractivity contribution < 1.29 is 22.7 Å². The second kappa shape index (κ2) is 11.7. The Balaban J connectivity index is 1.74. The second-order valence-electron chi connectivity index (χ2n) is 6.76. The molecule has 0 radical (unpaired) electrons. The minimum Gasteiger partial charge on any atom is -0.493 e. The molecule has 3 aromatic rings. The summed E-state index contributed by atoms with van der Waals surface area (Å²) in [5.41, 5.74) is 0.759. The van der Waals surface area contributed by atoms with Crippen molar-refractivity contribution >= 4 is 27.7 Å². The maximum Gasteiger partial charge on any atom is 0.243 e. The highest BCUT2D eigenvalue weighted by Gasteiger charge is 2.28. The number of ether oxygens (including phenoxy) is 2. The van der Waals surface area contributed by atoms with E-state index in [0.717, 1.165) is 9.87 Å². The fraction of sp³-hybridized carbons (Fsp3) is 0.286. The Morgan fingerprint density at radius 3 is 2.55 bits per heavy atom. The number of H-pyrrole nitrogens is 1. The standard InChI is InChI=1S/C21H25N5O5S2/c1-30-18-9-8-17(12-19(18)31-2)33(28,29)26(13-16-6-4-3-5-7-16)14-20(27)22-10-11-32-21-23-15-24-25-21/h3-9,12,15H,10-11,13-14H2,1-2H3,(H,22,27)(H,23,24,25). The van der Waals surface area contributed by atoms with Crippen LogP contribution in [0.2, 0.25) is 0 Å². The van der Waals surface area contributed by atoms with Gasteiger partial charge in [-0.25, -0.2) is 13.4 Å². The van der Waals surface area contributed by atoms with Gasteiger partial charge in [0.2, 0.25) is 15.9 Å². The lowest BCUT2D eigenvalue weighted by Crippen LogP contribution is -2.40. The number of carbonyl (C=O) groups is 1. The third-order valence-electron chi connectivity index (χ3n) is 4.57. The van der Waals surface area contributed by atoms with Gasteiger partial charge in [0.1, 0.15) is 6.33 Å². The Morgan fingerprint density at radius 1 is 1.12 bits per heavy atom. The fourth-order valence-corrected chi connectivity index (χ4v) is 4.99. The summed E-state index contributed by atoms with van der Waals surface area (Å²) in [6, 6.07) is 13.4. The predicted molar refractivity (Wildman–Crippen MR) is 124 cm³/mol. The van der Waals surface area contributed by atoms with Gasteiger partial charge in [-0.1, -0.05) is 42.1 Å². The number of carbonyl (C=O) groups excluding carboxylic acids is 1. The molecular weight excluding hydrogens is 466 g/mol. The summed E-state index contributed by atoms with van der Waals surface area (Å²) < 4.78 is 38.5. The lowest BCUT2D eigenvalue weighted by Gasteiger charge is -2.22. The number of benzene rings is 2. The number of amides is 1. The number of nitrogens with zero attached hydrogens (tertiary/aromatic N) is 3. The molecule has 0 aliphatic carbocycles. The first-order valence-electron chi connectivity index (χ1n) is 9.95. The van der Waals surface area contributed by atoms with Gasteiger partial charge in [-0.05, 0) is 17.7 Å². The topological polar surface area (TPSA) is 127 Å². The van der Waals surface area contributed by atoms with Crippen LogP contribution in [-0.2, 0) is 21.4 Å². The second-order valence-corrected chi connectivity index (χ2v) is 9.79. The van der Waals surface area contributed by atoms with Crippen LogP contribution < -0.4 is 14.8 Å². The smallest absolute Gasteiger partial charge is 0.243 e. The summed E-state index contributed by atoms with van der Waals surface area (Å²) in [7, 11) is -1.11. The molecule has 0 saturated carbocycles. The van der Waals surface area contributed by atoms with E-state index >= 15 is 0 Å². The van der Waals surface area contributed by atoms with Gasteiger partial charge in [-0.2, -0.15) is 9.40 Å². The van der Waals surface area contributed by atoms with Crippen molar-refractivity contribution in [2.45, 2.75) is 16.6 Å². The number of methoxy groups -OCH3 is 2. The van der Waals surface area contributed by atoms with Crippen LogP contribution in [0.4, 0.5) is 0 Å². The molecule has 1 aromatic heterocycles. The monoisotopic (exact) mass is 491 g/mol. The number of sulfonamides is 1. The molecule has 1 heterocycles. The van der Waals surface area contributed by atoms with Gasteiger partial charge < -0.3 is 14.8 Å². The van der Waals surface area contributed by atoms with Crippen molar-refractivity contribution in [3.05, 3.63) is 60.4 Å².